The van der Waals surface area contributed by atoms with Crippen LogP contribution in [0.2, 0.25) is 0 Å². The molecule has 2 heterocycles. The van der Waals surface area contributed by atoms with E-state index in [9.17, 15) is 10.1 Å². The summed E-state index contributed by atoms with van der Waals surface area (Å²) in [7, 11) is 0. The highest BCUT2D eigenvalue weighted by Gasteiger charge is 2.49. The molecule has 0 saturated heterocycles. The van der Waals surface area contributed by atoms with Gasteiger partial charge in [0.1, 0.15) is 11.9 Å². The highest BCUT2D eigenvalue weighted by atomic mass is 19.1. The Morgan fingerprint density at radius 2 is 1.83 bits per heavy atom. The SMILES string of the molecule is C[C@H]1C(=O)C(C#N)=C[C@@]2(C)c3nc(-c4ccnc5ccccc45)nc(-c4ccccc4F)c3CC[C@H]12. The molecule has 0 unspecified atom stereocenters. The van der Waals surface area contributed by atoms with Crippen molar-refractivity contribution >= 4 is 16.7 Å². The van der Waals surface area contributed by atoms with Crippen molar-refractivity contribution < 1.29 is 9.18 Å². The van der Waals surface area contributed by atoms with Gasteiger partial charge in [0.05, 0.1) is 22.5 Å². The van der Waals surface area contributed by atoms with E-state index in [0.29, 0.717) is 23.5 Å². The van der Waals surface area contributed by atoms with Crippen LogP contribution in [0.25, 0.3) is 33.5 Å². The van der Waals surface area contributed by atoms with E-state index in [-0.39, 0.29) is 29.0 Å². The van der Waals surface area contributed by atoms with Gasteiger partial charge in [0.2, 0.25) is 0 Å². The molecule has 0 bridgehead atoms. The van der Waals surface area contributed by atoms with Crippen LogP contribution in [0.1, 0.15) is 31.5 Å². The molecule has 0 fully saturated rings. The number of fused-ring (bicyclic) bond motifs is 4. The average Bonchev–Trinajstić information content (AvgIpc) is 2.90. The lowest BCUT2D eigenvalue weighted by atomic mass is 9.57. The zero-order chi connectivity index (χ0) is 25.0. The third-order valence-corrected chi connectivity index (χ3v) is 7.86. The van der Waals surface area contributed by atoms with Crippen LogP contribution in [0, 0.1) is 29.0 Å². The summed E-state index contributed by atoms with van der Waals surface area (Å²) in [6, 6.07) is 18.4. The quantitative estimate of drug-likeness (QED) is 0.357. The normalized spacial score (nSPS) is 22.9. The minimum Gasteiger partial charge on any atom is -0.293 e. The maximum Gasteiger partial charge on any atom is 0.176 e. The number of aromatic nitrogens is 3. The first-order chi connectivity index (χ1) is 17.4. The smallest absolute Gasteiger partial charge is 0.176 e. The van der Waals surface area contributed by atoms with Gasteiger partial charge in [-0.15, -0.1) is 0 Å². The molecule has 0 N–H and O–H groups in total. The number of allylic oxidation sites excluding steroid dienone is 2. The monoisotopic (exact) mass is 474 g/mol. The summed E-state index contributed by atoms with van der Waals surface area (Å²) in [5.41, 5.74) is 3.73. The number of Topliss-reactive ketones (excluding diaryl/α,β-unsaturated/α-hetero) is 1. The molecule has 5 nitrogen and oxygen atoms in total. The summed E-state index contributed by atoms with van der Waals surface area (Å²) >= 11 is 0. The standard InChI is InChI=1S/C30H23FN4O/c1-17-23-12-11-22-26(21-8-3-5-9-24(21)31)34-29(20-13-14-33-25-10-6-4-7-19(20)25)35-28(22)30(23,2)15-18(16-32)27(17)36/h3-10,13-15,17,23H,11-12H2,1-2H3/t17-,23-,30-/m1/s1. The van der Waals surface area contributed by atoms with Gasteiger partial charge < -0.3 is 0 Å². The molecule has 0 spiro atoms. The second-order valence-corrected chi connectivity index (χ2v) is 9.83. The fourth-order valence-electron chi connectivity index (χ4n) is 6.06. The Kier molecular flexibility index (Phi) is 5.04. The van der Waals surface area contributed by atoms with E-state index in [4.69, 9.17) is 9.97 Å². The molecule has 0 saturated carbocycles. The van der Waals surface area contributed by atoms with Crippen LogP contribution in [0.3, 0.4) is 0 Å². The summed E-state index contributed by atoms with van der Waals surface area (Å²) in [4.78, 5) is 27.4. The Balaban J connectivity index is 1.70. The lowest BCUT2D eigenvalue weighted by molar-refractivity contribution is -0.121. The summed E-state index contributed by atoms with van der Waals surface area (Å²) in [5, 5.41) is 10.6. The molecule has 6 heteroatoms. The lowest BCUT2D eigenvalue weighted by Gasteiger charge is -2.45. The Labute approximate surface area is 208 Å². The number of rotatable bonds is 2. The van der Waals surface area contributed by atoms with Gasteiger partial charge in [-0.05, 0) is 43.0 Å². The second-order valence-electron chi connectivity index (χ2n) is 9.83. The van der Waals surface area contributed by atoms with E-state index in [1.807, 2.05) is 44.2 Å². The zero-order valence-electron chi connectivity index (χ0n) is 20.0. The van der Waals surface area contributed by atoms with E-state index in [0.717, 1.165) is 34.1 Å². The van der Waals surface area contributed by atoms with Crippen molar-refractivity contribution in [3.63, 3.8) is 0 Å². The number of hydrogen-bond donors (Lipinski definition) is 0. The van der Waals surface area contributed by atoms with Crippen LogP contribution in [-0.4, -0.2) is 20.7 Å². The van der Waals surface area contributed by atoms with E-state index in [1.54, 1.807) is 30.5 Å². The van der Waals surface area contributed by atoms with Gasteiger partial charge in [-0.25, -0.2) is 14.4 Å². The maximum absolute atomic E-state index is 15.1. The van der Waals surface area contributed by atoms with Crippen LogP contribution in [0.4, 0.5) is 4.39 Å². The van der Waals surface area contributed by atoms with Gasteiger partial charge in [0.25, 0.3) is 0 Å². The molecule has 2 aromatic carbocycles. The number of carbonyl (C=O) groups excluding carboxylic acids is 1. The Bertz CT molecular complexity index is 1630. The Morgan fingerprint density at radius 3 is 2.64 bits per heavy atom. The maximum atomic E-state index is 15.1. The van der Waals surface area contributed by atoms with Gasteiger partial charge in [0, 0.05) is 39.6 Å². The third-order valence-electron chi connectivity index (χ3n) is 7.86. The van der Waals surface area contributed by atoms with Crippen LogP contribution in [0.5, 0.6) is 0 Å². The van der Waals surface area contributed by atoms with Crippen LogP contribution >= 0.6 is 0 Å². The number of ketones is 1. The number of hydrogen-bond acceptors (Lipinski definition) is 5. The first-order valence-electron chi connectivity index (χ1n) is 12.1. The molecular weight excluding hydrogens is 451 g/mol. The first-order valence-corrected chi connectivity index (χ1v) is 12.1. The number of nitriles is 1. The fraction of sp³-hybridized carbons (Fsp3) is 0.233. The van der Waals surface area contributed by atoms with Crippen molar-refractivity contribution in [1.29, 1.82) is 5.26 Å². The number of carbonyl (C=O) groups is 1. The summed E-state index contributed by atoms with van der Waals surface area (Å²) < 4.78 is 15.1. The van der Waals surface area contributed by atoms with Crippen molar-refractivity contribution in [2.75, 3.05) is 0 Å². The highest BCUT2D eigenvalue weighted by molar-refractivity contribution is 6.02. The molecule has 2 aliphatic rings. The summed E-state index contributed by atoms with van der Waals surface area (Å²) in [6.07, 6.45) is 4.87. The molecule has 176 valence electrons. The van der Waals surface area contributed by atoms with Crippen molar-refractivity contribution in [2.24, 2.45) is 11.8 Å². The van der Waals surface area contributed by atoms with Crippen molar-refractivity contribution in [1.82, 2.24) is 15.0 Å². The van der Waals surface area contributed by atoms with Crippen molar-refractivity contribution in [3.05, 3.63) is 89.5 Å². The molecular formula is C30H23FN4O. The van der Waals surface area contributed by atoms with E-state index in [1.165, 1.54) is 6.07 Å². The molecule has 36 heavy (non-hydrogen) atoms. The molecule has 0 aliphatic heterocycles. The van der Waals surface area contributed by atoms with Crippen molar-refractivity contribution in [2.45, 2.75) is 32.1 Å². The Hall–Kier alpha value is -4.24. The number of nitrogens with zero attached hydrogens (tertiary/aromatic N) is 4. The molecule has 4 aromatic rings. The highest BCUT2D eigenvalue weighted by Crippen LogP contribution is 2.51. The van der Waals surface area contributed by atoms with Crippen LogP contribution in [-0.2, 0) is 16.6 Å². The topological polar surface area (TPSA) is 79.5 Å². The van der Waals surface area contributed by atoms with E-state index >= 15 is 4.39 Å². The molecule has 0 amide bonds. The van der Waals surface area contributed by atoms with Gasteiger partial charge in [0.15, 0.2) is 11.6 Å². The minimum atomic E-state index is -0.660. The Morgan fingerprint density at radius 1 is 1.06 bits per heavy atom. The number of pyridine rings is 1. The lowest BCUT2D eigenvalue weighted by Crippen LogP contribution is -2.46. The van der Waals surface area contributed by atoms with Crippen molar-refractivity contribution in [3.8, 4) is 28.7 Å². The molecule has 0 radical (unpaired) electrons. The van der Waals surface area contributed by atoms with Gasteiger partial charge in [-0.2, -0.15) is 5.26 Å². The predicted octanol–water partition coefficient (Wildman–Crippen LogP) is 5.99. The van der Waals surface area contributed by atoms with E-state index < -0.39 is 5.41 Å². The number of halogens is 1. The molecule has 2 aromatic heterocycles. The average molecular weight is 475 g/mol. The fourth-order valence-corrected chi connectivity index (χ4v) is 6.06. The van der Waals surface area contributed by atoms with Crippen LogP contribution < -0.4 is 0 Å². The van der Waals surface area contributed by atoms with Gasteiger partial charge in [-0.3, -0.25) is 9.78 Å². The van der Waals surface area contributed by atoms with Crippen LogP contribution in [0.15, 0.2) is 72.4 Å². The number of benzene rings is 2. The van der Waals surface area contributed by atoms with Gasteiger partial charge >= 0.3 is 0 Å². The summed E-state index contributed by atoms with van der Waals surface area (Å²) in [6.45, 7) is 3.94. The van der Waals surface area contributed by atoms with E-state index in [2.05, 4.69) is 11.1 Å². The molecule has 3 atom stereocenters. The summed E-state index contributed by atoms with van der Waals surface area (Å²) in [5.74, 6) is -0.312. The predicted molar refractivity (Wildman–Crippen MR) is 135 cm³/mol. The number of para-hydroxylation sites is 1. The third kappa shape index (κ3) is 3.20. The largest absolute Gasteiger partial charge is 0.293 e. The van der Waals surface area contributed by atoms with Gasteiger partial charge in [-0.1, -0.05) is 50.3 Å². The zero-order valence-corrected chi connectivity index (χ0v) is 20.0. The first kappa shape index (κ1) is 22.2. The minimum absolute atomic E-state index is 0.0139. The second kappa shape index (κ2) is 8.17. The molecule has 6 rings (SSSR count). The molecule has 2 aliphatic carbocycles.